The molecule has 8 nitrogen and oxygen atoms in total. The summed E-state index contributed by atoms with van der Waals surface area (Å²) in [5, 5.41) is 3.59. The molecular weight excluding hydrogens is 513 g/mol. The van der Waals surface area contributed by atoms with E-state index in [-0.39, 0.29) is 41.9 Å². The second-order valence-electron chi connectivity index (χ2n) is 8.47. The molecule has 0 saturated heterocycles. The minimum Gasteiger partial charge on any atom is -0.352 e. The van der Waals surface area contributed by atoms with Crippen LogP contribution in [0, 0.1) is 0 Å². The van der Waals surface area contributed by atoms with Gasteiger partial charge in [-0.2, -0.15) is 0 Å². The van der Waals surface area contributed by atoms with Crippen molar-refractivity contribution in [3.05, 3.63) is 63.6 Å². The van der Waals surface area contributed by atoms with Crippen molar-refractivity contribution in [2.45, 2.75) is 57.1 Å². The normalized spacial score (nSPS) is 15.1. The van der Waals surface area contributed by atoms with Crippen LogP contribution in [0.4, 0.5) is 0 Å². The van der Waals surface area contributed by atoms with Crippen molar-refractivity contribution < 1.29 is 22.8 Å². The number of nitrogens with zero attached hydrogens (tertiary/aromatic N) is 2. The number of fused-ring (bicyclic) bond motifs is 1. The molecule has 3 amide bonds. The molecule has 0 spiro atoms. The zero-order valence-corrected chi connectivity index (χ0v) is 22.0. The Morgan fingerprint density at radius 1 is 1.11 bits per heavy atom. The van der Waals surface area contributed by atoms with E-state index in [1.54, 1.807) is 31.2 Å². The van der Waals surface area contributed by atoms with E-state index in [1.807, 2.05) is 13.8 Å². The number of halogens is 2. The van der Waals surface area contributed by atoms with E-state index < -0.39 is 27.9 Å². The molecule has 11 heteroatoms. The topological polar surface area (TPSA) is 104 Å². The Hall–Kier alpha value is -2.62. The van der Waals surface area contributed by atoms with Crippen LogP contribution in [-0.4, -0.2) is 54.0 Å². The fraction of sp³-hybridized carbons (Fsp3) is 0.375. The third-order valence-corrected chi connectivity index (χ3v) is 8.04. The molecule has 188 valence electrons. The Balaban J connectivity index is 1.86. The first-order chi connectivity index (χ1) is 16.5. The summed E-state index contributed by atoms with van der Waals surface area (Å²) in [6, 6.07) is 9.81. The molecule has 1 unspecified atom stereocenters. The van der Waals surface area contributed by atoms with Crippen LogP contribution in [-0.2, 0) is 26.2 Å². The Labute approximate surface area is 215 Å². The van der Waals surface area contributed by atoms with Crippen molar-refractivity contribution in [2.24, 2.45) is 0 Å². The first-order valence-electron chi connectivity index (χ1n) is 11.2. The molecule has 3 rings (SSSR count). The average molecular weight is 540 g/mol. The molecule has 35 heavy (non-hydrogen) atoms. The number of rotatable bonds is 9. The quantitative estimate of drug-likeness (QED) is 0.520. The first-order valence-corrected chi connectivity index (χ1v) is 13.4. The first kappa shape index (κ1) is 27.0. The summed E-state index contributed by atoms with van der Waals surface area (Å²) in [7, 11) is -4.05. The fourth-order valence-electron chi connectivity index (χ4n) is 3.93. The molecule has 2 aromatic rings. The summed E-state index contributed by atoms with van der Waals surface area (Å²) in [4.78, 5) is 40.3. The van der Waals surface area contributed by atoms with Gasteiger partial charge in [0.1, 0.15) is 10.9 Å². The molecule has 0 fully saturated rings. The van der Waals surface area contributed by atoms with Crippen LogP contribution in [0.25, 0.3) is 0 Å². The number of hydrogen-bond donors (Lipinski definition) is 1. The van der Waals surface area contributed by atoms with Crippen LogP contribution in [0.1, 0.15) is 49.5 Å². The number of sulfonamides is 1. The molecule has 1 atom stereocenters. The zero-order valence-electron chi connectivity index (χ0n) is 19.6. The second-order valence-corrected chi connectivity index (χ2v) is 11.1. The van der Waals surface area contributed by atoms with Gasteiger partial charge in [-0.3, -0.25) is 14.4 Å². The van der Waals surface area contributed by atoms with Crippen LogP contribution in [0.3, 0.4) is 0 Å². The lowest BCUT2D eigenvalue weighted by Gasteiger charge is -2.32. The SMILES string of the molecule is CCC(C(=O)NC(C)C)N(Cc1ccc(Cl)cc1Cl)C(=O)CCN1C(=O)c2ccccc2S1(=O)=O. The van der Waals surface area contributed by atoms with Crippen molar-refractivity contribution in [3.63, 3.8) is 0 Å². The van der Waals surface area contributed by atoms with Gasteiger partial charge in [0.15, 0.2) is 0 Å². The monoisotopic (exact) mass is 539 g/mol. The lowest BCUT2D eigenvalue weighted by atomic mass is 10.1. The van der Waals surface area contributed by atoms with E-state index in [1.165, 1.54) is 23.1 Å². The minimum atomic E-state index is -4.05. The molecule has 1 aliphatic heterocycles. The molecule has 2 aromatic carbocycles. The Bertz CT molecular complexity index is 1250. The van der Waals surface area contributed by atoms with Crippen molar-refractivity contribution in [1.29, 1.82) is 0 Å². The summed E-state index contributed by atoms with van der Waals surface area (Å²) in [5.41, 5.74) is 0.657. The largest absolute Gasteiger partial charge is 0.352 e. The van der Waals surface area contributed by atoms with Gasteiger partial charge >= 0.3 is 0 Å². The summed E-state index contributed by atoms with van der Waals surface area (Å²) < 4.78 is 26.4. The number of hydrogen-bond acceptors (Lipinski definition) is 5. The van der Waals surface area contributed by atoms with E-state index in [0.717, 1.165) is 0 Å². The van der Waals surface area contributed by atoms with Crippen molar-refractivity contribution in [1.82, 2.24) is 14.5 Å². The molecular formula is C24H27Cl2N3O5S. The Morgan fingerprint density at radius 2 is 1.80 bits per heavy atom. The van der Waals surface area contributed by atoms with Gasteiger partial charge in [-0.15, -0.1) is 0 Å². The van der Waals surface area contributed by atoms with Gasteiger partial charge in [0.2, 0.25) is 11.8 Å². The van der Waals surface area contributed by atoms with E-state index in [2.05, 4.69) is 5.32 Å². The van der Waals surface area contributed by atoms with Crippen LogP contribution < -0.4 is 5.32 Å². The predicted molar refractivity (Wildman–Crippen MR) is 134 cm³/mol. The van der Waals surface area contributed by atoms with E-state index in [0.29, 0.717) is 26.3 Å². The van der Waals surface area contributed by atoms with Crippen LogP contribution in [0.2, 0.25) is 10.0 Å². The lowest BCUT2D eigenvalue weighted by molar-refractivity contribution is -0.141. The second kappa shape index (κ2) is 11.0. The summed E-state index contributed by atoms with van der Waals surface area (Å²) >= 11 is 12.3. The lowest BCUT2D eigenvalue weighted by Crippen LogP contribution is -2.51. The standard InChI is InChI=1S/C24H27Cl2N3O5S/c1-4-20(23(31)27-15(2)3)28(14-16-9-10-17(25)13-19(16)26)22(30)11-12-29-24(32)18-7-5-6-8-21(18)35(29,33)34/h5-10,13,15,20H,4,11-12,14H2,1-3H3,(H,27,31). The van der Waals surface area contributed by atoms with Gasteiger partial charge in [0, 0.05) is 35.6 Å². The van der Waals surface area contributed by atoms with E-state index in [9.17, 15) is 22.8 Å². The summed E-state index contributed by atoms with van der Waals surface area (Å²) in [5.74, 6) is -1.50. The number of carbonyl (C=O) groups is 3. The van der Waals surface area contributed by atoms with Crippen LogP contribution in [0.15, 0.2) is 47.4 Å². The van der Waals surface area contributed by atoms with Crippen molar-refractivity contribution in [3.8, 4) is 0 Å². The molecule has 0 bridgehead atoms. The maximum atomic E-state index is 13.4. The highest BCUT2D eigenvalue weighted by Gasteiger charge is 2.41. The van der Waals surface area contributed by atoms with Crippen molar-refractivity contribution >= 4 is 50.9 Å². The van der Waals surface area contributed by atoms with Crippen LogP contribution >= 0.6 is 23.2 Å². The molecule has 0 radical (unpaired) electrons. The van der Waals surface area contributed by atoms with Gasteiger partial charge in [-0.1, -0.05) is 48.3 Å². The summed E-state index contributed by atoms with van der Waals surface area (Å²) in [6.07, 6.45) is 0.0253. The molecule has 1 N–H and O–H groups in total. The van der Waals surface area contributed by atoms with Gasteiger partial charge in [0.05, 0.1) is 5.56 Å². The fourth-order valence-corrected chi connectivity index (χ4v) is 5.96. The third-order valence-electron chi connectivity index (χ3n) is 5.61. The average Bonchev–Trinajstić information content (AvgIpc) is 2.98. The maximum Gasteiger partial charge on any atom is 0.269 e. The highest BCUT2D eigenvalue weighted by molar-refractivity contribution is 7.90. The van der Waals surface area contributed by atoms with Gasteiger partial charge in [0.25, 0.3) is 15.9 Å². The number of benzene rings is 2. The molecule has 1 heterocycles. The zero-order chi connectivity index (χ0) is 25.9. The van der Waals surface area contributed by atoms with Crippen molar-refractivity contribution in [2.75, 3.05) is 6.54 Å². The Morgan fingerprint density at radius 3 is 2.40 bits per heavy atom. The summed E-state index contributed by atoms with van der Waals surface area (Å²) in [6.45, 7) is 5.07. The van der Waals surface area contributed by atoms with E-state index in [4.69, 9.17) is 23.2 Å². The number of carbonyl (C=O) groups excluding carboxylic acids is 3. The molecule has 0 saturated carbocycles. The molecule has 1 aliphatic rings. The molecule has 0 aliphatic carbocycles. The van der Waals surface area contributed by atoms with E-state index >= 15 is 0 Å². The van der Waals surface area contributed by atoms with Crippen LogP contribution in [0.5, 0.6) is 0 Å². The Kier molecular flexibility index (Phi) is 8.46. The third kappa shape index (κ3) is 5.79. The van der Waals surface area contributed by atoms with Gasteiger partial charge < -0.3 is 10.2 Å². The predicted octanol–water partition coefficient (Wildman–Crippen LogP) is 3.86. The van der Waals surface area contributed by atoms with Gasteiger partial charge in [-0.05, 0) is 50.1 Å². The number of nitrogens with one attached hydrogen (secondary N) is 1. The maximum absolute atomic E-state index is 13.4. The highest BCUT2D eigenvalue weighted by atomic mass is 35.5. The number of amides is 3. The minimum absolute atomic E-state index is 0.0137. The smallest absolute Gasteiger partial charge is 0.269 e. The highest BCUT2D eigenvalue weighted by Crippen LogP contribution is 2.30. The molecule has 0 aromatic heterocycles. The van der Waals surface area contributed by atoms with Gasteiger partial charge in [-0.25, -0.2) is 12.7 Å².